The van der Waals surface area contributed by atoms with Crippen molar-refractivity contribution in [3.8, 4) is 11.3 Å². The van der Waals surface area contributed by atoms with Gasteiger partial charge in [-0.3, -0.25) is 0 Å². The SMILES string of the molecule is CCC(=Cc1ccc(-c2ccc(F)cc2)o1)CN. The lowest BCUT2D eigenvalue weighted by atomic mass is 10.1. The van der Waals surface area contributed by atoms with Crippen LogP contribution in [0.15, 0.2) is 46.4 Å². The average Bonchev–Trinajstić information content (AvgIpc) is 2.85. The smallest absolute Gasteiger partial charge is 0.134 e. The number of hydrogen-bond donors (Lipinski definition) is 1. The number of hydrogen-bond acceptors (Lipinski definition) is 2. The van der Waals surface area contributed by atoms with E-state index < -0.39 is 0 Å². The number of nitrogens with two attached hydrogens (primary N) is 1. The molecule has 0 unspecified atom stereocenters. The Morgan fingerprint density at radius 3 is 2.56 bits per heavy atom. The second-order valence-electron chi connectivity index (χ2n) is 4.07. The van der Waals surface area contributed by atoms with Crippen molar-refractivity contribution in [3.05, 3.63) is 53.5 Å². The summed E-state index contributed by atoms with van der Waals surface area (Å²) >= 11 is 0. The maximum Gasteiger partial charge on any atom is 0.134 e. The predicted molar refractivity (Wildman–Crippen MR) is 71.4 cm³/mol. The summed E-state index contributed by atoms with van der Waals surface area (Å²) < 4.78 is 18.5. The summed E-state index contributed by atoms with van der Waals surface area (Å²) in [7, 11) is 0. The standard InChI is InChI=1S/C15H16FNO/c1-2-11(10-17)9-14-7-8-15(18-14)12-3-5-13(16)6-4-12/h3-9H,2,10,17H2,1H3. The van der Waals surface area contributed by atoms with Crippen molar-refractivity contribution in [2.45, 2.75) is 13.3 Å². The molecule has 0 saturated heterocycles. The highest BCUT2D eigenvalue weighted by atomic mass is 19.1. The quantitative estimate of drug-likeness (QED) is 0.888. The van der Waals surface area contributed by atoms with E-state index >= 15 is 0 Å². The third-order valence-corrected chi connectivity index (χ3v) is 2.82. The molecule has 1 aromatic carbocycles. The van der Waals surface area contributed by atoms with Gasteiger partial charge in [0.25, 0.3) is 0 Å². The van der Waals surface area contributed by atoms with Gasteiger partial charge in [-0.2, -0.15) is 0 Å². The second kappa shape index (κ2) is 5.65. The molecule has 2 rings (SSSR count). The third kappa shape index (κ3) is 2.87. The van der Waals surface area contributed by atoms with Crippen LogP contribution in [0, 0.1) is 5.82 Å². The zero-order valence-electron chi connectivity index (χ0n) is 10.3. The van der Waals surface area contributed by atoms with Crippen LogP contribution in [-0.2, 0) is 0 Å². The van der Waals surface area contributed by atoms with Crippen molar-refractivity contribution in [1.29, 1.82) is 0 Å². The summed E-state index contributed by atoms with van der Waals surface area (Å²) in [4.78, 5) is 0. The lowest BCUT2D eigenvalue weighted by Gasteiger charge is -1.98. The monoisotopic (exact) mass is 245 g/mol. The maximum absolute atomic E-state index is 12.8. The van der Waals surface area contributed by atoms with Gasteiger partial charge in [0.1, 0.15) is 17.3 Å². The molecule has 0 amide bonds. The molecule has 2 nitrogen and oxygen atoms in total. The van der Waals surface area contributed by atoms with Gasteiger partial charge in [0.15, 0.2) is 0 Å². The molecule has 1 aromatic heterocycles. The molecule has 0 aliphatic rings. The summed E-state index contributed by atoms with van der Waals surface area (Å²) in [5, 5.41) is 0. The second-order valence-corrected chi connectivity index (χ2v) is 4.07. The highest BCUT2D eigenvalue weighted by Crippen LogP contribution is 2.23. The van der Waals surface area contributed by atoms with Crippen molar-refractivity contribution in [1.82, 2.24) is 0 Å². The zero-order chi connectivity index (χ0) is 13.0. The number of benzene rings is 1. The first-order valence-corrected chi connectivity index (χ1v) is 5.98. The third-order valence-electron chi connectivity index (χ3n) is 2.82. The molecule has 1 heterocycles. The molecule has 2 aromatic rings. The normalized spacial score (nSPS) is 11.8. The Morgan fingerprint density at radius 2 is 1.94 bits per heavy atom. The summed E-state index contributed by atoms with van der Waals surface area (Å²) in [6, 6.07) is 10.0. The molecule has 0 saturated carbocycles. The fraction of sp³-hybridized carbons (Fsp3) is 0.200. The first kappa shape index (κ1) is 12.6. The fourth-order valence-electron chi connectivity index (χ4n) is 1.71. The van der Waals surface area contributed by atoms with Crippen LogP contribution >= 0.6 is 0 Å². The minimum Gasteiger partial charge on any atom is -0.457 e. The Balaban J connectivity index is 2.25. The fourth-order valence-corrected chi connectivity index (χ4v) is 1.71. The molecule has 3 heteroatoms. The van der Waals surface area contributed by atoms with Crippen molar-refractivity contribution < 1.29 is 8.81 Å². The maximum atomic E-state index is 12.8. The van der Waals surface area contributed by atoms with Crippen LogP contribution in [0.1, 0.15) is 19.1 Å². The van der Waals surface area contributed by atoms with Crippen LogP contribution in [0.25, 0.3) is 17.4 Å². The lowest BCUT2D eigenvalue weighted by molar-refractivity contribution is 0.570. The van der Waals surface area contributed by atoms with Crippen LogP contribution in [0.5, 0.6) is 0 Å². The minimum atomic E-state index is -0.248. The molecular weight excluding hydrogens is 229 g/mol. The summed E-state index contributed by atoms with van der Waals surface area (Å²) in [5.41, 5.74) is 7.61. The molecule has 0 spiro atoms. The van der Waals surface area contributed by atoms with Gasteiger partial charge in [0.2, 0.25) is 0 Å². The van der Waals surface area contributed by atoms with Crippen LogP contribution in [-0.4, -0.2) is 6.54 Å². The number of rotatable bonds is 4. The Labute approximate surface area is 106 Å². The molecule has 0 radical (unpaired) electrons. The minimum absolute atomic E-state index is 0.248. The van der Waals surface area contributed by atoms with Crippen LogP contribution in [0.2, 0.25) is 0 Å². The largest absolute Gasteiger partial charge is 0.457 e. The Kier molecular flexibility index (Phi) is 3.95. The van der Waals surface area contributed by atoms with E-state index in [4.69, 9.17) is 10.2 Å². The van der Waals surface area contributed by atoms with E-state index in [1.54, 1.807) is 12.1 Å². The van der Waals surface area contributed by atoms with Gasteiger partial charge in [-0.15, -0.1) is 0 Å². The van der Waals surface area contributed by atoms with Crippen molar-refractivity contribution in [2.24, 2.45) is 5.73 Å². The molecule has 2 N–H and O–H groups in total. The average molecular weight is 245 g/mol. The predicted octanol–water partition coefficient (Wildman–Crippen LogP) is 3.84. The molecular formula is C15H16FNO. The van der Waals surface area contributed by atoms with E-state index in [1.807, 2.05) is 18.2 Å². The molecule has 94 valence electrons. The van der Waals surface area contributed by atoms with Crippen LogP contribution in [0.3, 0.4) is 0 Å². The zero-order valence-corrected chi connectivity index (χ0v) is 10.3. The van der Waals surface area contributed by atoms with E-state index in [2.05, 4.69) is 6.92 Å². The Hall–Kier alpha value is -1.87. The van der Waals surface area contributed by atoms with Gasteiger partial charge in [0.05, 0.1) is 0 Å². The molecule has 0 fully saturated rings. The molecule has 0 atom stereocenters. The van der Waals surface area contributed by atoms with Crippen LogP contribution < -0.4 is 5.73 Å². The summed E-state index contributed by atoms with van der Waals surface area (Å²) in [5.74, 6) is 1.26. The number of furan rings is 1. The van der Waals surface area contributed by atoms with E-state index in [-0.39, 0.29) is 5.82 Å². The van der Waals surface area contributed by atoms with Crippen molar-refractivity contribution in [2.75, 3.05) is 6.54 Å². The number of halogens is 1. The van der Waals surface area contributed by atoms with Crippen molar-refractivity contribution in [3.63, 3.8) is 0 Å². The van der Waals surface area contributed by atoms with Gasteiger partial charge in [-0.1, -0.05) is 12.5 Å². The highest BCUT2D eigenvalue weighted by Gasteiger charge is 2.04. The van der Waals surface area contributed by atoms with E-state index in [9.17, 15) is 4.39 Å². The van der Waals surface area contributed by atoms with E-state index in [0.717, 1.165) is 29.1 Å². The topological polar surface area (TPSA) is 39.2 Å². The summed E-state index contributed by atoms with van der Waals surface area (Å²) in [6.45, 7) is 2.59. The van der Waals surface area contributed by atoms with Gasteiger partial charge in [0, 0.05) is 12.1 Å². The van der Waals surface area contributed by atoms with Gasteiger partial charge >= 0.3 is 0 Å². The molecule has 0 aliphatic heterocycles. The van der Waals surface area contributed by atoms with Gasteiger partial charge in [-0.05, 0) is 48.9 Å². The van der Waals surface area contributed by atoms with E-state index in [1.165, 1.54) is 12.1 Å². The lowest BCUT2D eigenvalue weighted by Crippen LogP contribution is -2.01. The first-order chi connectivity index (χ1) is 8.72. The molecule has 18 heavy (non-hydrogen) atoms. The van der Waals surface area contributed by atoms with E-state index in [0.29, 0.717) is 6.54 Å². The molecule has 0 bridgehead atoms. The van der Waals surface area contributed by atoms with Crippen LogP contribution in [0.4, 0.5) is 4.39 Å². The first-order valence-electron chi connectivity index (χ1n) is 5.98. The summed E-state index contributed by atoms with van der Waals surface area (Å²) in [6.07, 6.45) is 2.86. The Morgan fingerprint density at radius 1 is 1.22 bits per heavy atom. The van der Waals surface area contributed by atoms with Gasteiger partial charge < -0.3 is 10.2 Å². The Bertz CT molecular complexity index is 534. The molecule has 0 aliphatic carbocycles. The highest BCUT2D eigenvalue weighted by molar-refractivity contribution is 5.60. The van der Waals surface area contributed by atoms with Crippen molar-refractivity contribution >= 4 is 6.08 Å². The van der Waals surface area contributed by atoms with Gasteiger partial charge in [-0.25, -0.2) is 4.39 Å².